The Morgan fingerprint density at radius 2 is 2.15 bits per heavy atom. The number of nitrogens with one attached hydrogen (secondary N) is 1. The Balaban J connectivity index is 2.88. The molecule has 0 aliphatic heterocycles. The van der Waals surface area contributed by atoms with E-state index in [4.69, 9.17) is 16.7 Å². The van der Waals surface area contributed by atoms with Gasteiger partial charge in [-0.2, -0.15) is 0 Å². The monoisotopic (exact) mass is 323 g/mol. The Morgan fingerprint density at radius 3 is 2.65 bits per heavy atom. The van der Waals surface area contributed by atoms with E-state index in [-0.39, 0.29) is 28.6 Å². The minimum atomic E-state index is -3.88. The second-order valence-electron chi connectivity index (χ2n) is 3.91. The third-order valence-corrected chi connectivity index (χ3v) is 4.08. The van der Waals surface area contributed by atoms with Crippen LogP contribution < -0.4 is 4.72 Å². The summed E-state index contributed by atoms with van der Waals surface area (Å²) in [5.41, 5.74) is -0.190. The van der Waals surface area contributed by atoms with E-state index in [0.717, 1.165) is 18.2 Å². The van der Waals surface area contributed by atoms with Crippen molar-refractivity contribution in [2.24, 2.45) is 0 Å². The van der Waals surface area contributed by atoms with Gasteiger partial charge in [-0.1, -0.05) is 11.6 Å². The largest absolute Gasteiger partial charge is 0.478 e. The van der Waals surface area contributed by atoms with E-state index in [1.807, 2.05) is 0 Å². The molecule has 1 unspecified atom stereocenters. The number of aliphatic hydroxyl groups excluding tert-OH is 1. The number of rotatable bonds is 7. The molecule has 3 N–H and O–H groups in total. The van der Waals surface area contributed by atoms with Gasteiger partial charge in [-0.05, 0) is 18.2 Å². The Kier molecular flexibility index (Phi) is 5.90. The van der Waals surface area contributed by atoms with Gasteiger partial charge in [0.15, 0.2) is 0 Å². The molecule has 20 heavy (non-hydrogen) atoms. The molecule has 0 amide bonds. The molecule has 9 heteroatoms. The van der Waals surface area contributed by atoms with E-state index in [2.05, 4.69) is 9.46 Å². The number of carboxylic acids is 1. The fourth-order valence-corrected chi connectivity index (χ4v) is 2.80. The van der Waals surface area contributed by atoms with Gasteiger partial charge < -0.3 is 14.9 Å². The van der Waals surface area contributed by atoms with Crippen molar-refractivity contribution in [1.82, 2.24) is 4.72 Å². The van der Waals surface area contributed by atoms with Crippen molar-refractivity contribution in [3.8, 4) is 0 Å². The number of methoxy groups -OCH3 is 1. The van der Waals surface area contributed by atoms with Gasteiger partial charge in [0.1, 0.15) is 0 Å². The van der Waals surface area contributed by atoms with Gasteiger partial charge in [-0.25, -0.2) is 17.9 Å². The molecular weight excluding hydrogens is 310 g/mol. The normalized spacial score (nSPS) is 13.2. The highest BCUT2D eigenvalue weighted by Crippen LogP contribution is 2.20. The summed E-state index contributed by atoms with van der Waals surface area (Å²) in [5, 5.41) is 18.0. The average molecular weight is 324 g/mol. The van der Waals surface area contributed by atoms with E-state index in [1.54, 1.807) is 0 Å². The van der Waals surface area contributed by atoms with Crippen LogP contribution in [0.25, 0.3) is 0 Å². The molecule has 0 fully saturated rings. The van der Waals surface area contributed by atoms with Crippen molar-refractivity contribution in [1.29, 1.82) is 0 Å². The van der Waals surface area contributed by atoms with E-state index >= 15 is 0 Å². The molecule has 112 valence electrons. The smallest absolute Gasteiger partial charge is 0.337 e. The molecule has 0 aromatic heterocycles. The van der Waals surface area contributed by atoms with Gasteiger partial charge in [0.25, 0.3) is 0 Å². The van der Waals surface area contributed by atoms with E-state index in [0.29, 0.717) is 0 Å². The van der Waals surface area contributed by atoms with Crippen molar-refractivity contribution in [2.75, 3.05) is 20.3 Å². The molecule has 0 saturated heterocycles. The van der Waals surface area contributed by atoms with Crippen LogP contribution in [-0.2, 0) is 14.8 Å². The highest BCUT2D eigenvalue weighted by atomic mass is 35.5. The molecule has 0 aliphatic rings. The first-order valence-electron chi connectivity index (χ1n) is 5.47. The maximum atomic E-state index is 11.9. The van der Waals surface area contributed by atoms with Crippen molar-refractivity contribution in [2.45, 2.75) is 11.0 Å². The lowest BCUT2D eigenvalue weighted by Crippen LogP contribution is -2.34. The van der Waals surface area contributed by atoms with Gasteiger partial charge in [-0.15, -0.1) is 0 Å². The Bertz CT molecular complexity index is 589. The zero-order chi connectivity index (χ0) is 15.3. The molecule has 0 bridgehead atoms. The zero-order valence-corrected chi connectivity index (χ0v) is 12.1. The van der Waals surface area contributed by atoms with Crippen LogP contribution in [0, 0.1) is 0 Å². The Morgan fingerprint density at radius 1 is 1.50 bits per heavy atom. The summed E-state index contributed by atoms with van der Waals surface area (Å²) in [6.45, 7) is -0.240. The standard InChI is InChI=1S/C11H14ClNO6S/c1-19-6-7(14)5-13-20(17,18)8-2-3-9(11(15)16)10(12)4-8/h2-4,7,13-14H,5-6H2,1H3,(H,15,16). The highest BCUT2D eigenvalue weighted by molar-refractivity contribution is 7.89. The lowest BCUT2D eigenvalue weighted by atomic mass is 10.2. The number of hydrogen-bond donors (Lipinski definition) is 3. The summed E-state index contributed by atoms with van der Waals surface area (Å²) < 4.78 is 30.6. The molecule has 7 nitrogen and oxygen atoms in total. The number of benzene rings is 1. The van der Waals surface area contributed by atoms with Crippen LogP contribution in [0.4, 0.5) is 0 Å². The Labute approximate surface area is 121 Å². The van der Waals surface area contributed by atoms with Crippen LogP contribution in [-0.4, -0.2) is 51.0 Å². The maximum absolute atomic E-state index is 11.9. The second-order valence-corrected chi connectivity index (χ2v) is 6.08. The fourth-order valence-electron chi connectivity index (χ4n) is 1.38. The van der Waals surface area contributed by atoms with Crippen LogP contribution in [0.15, 0.2) is 23.1 Å². The number of aromatic carboxylic acids is 1. The number of ether oxygens (including phenoxy) is 1. The third-order valence-electron chi connectivity index (χ3n) is 2.35. The van der Waals surface area contributed by atoms with Crippen molar-refractivity contribution in [3.05, 3.63) is 28.8 Å². The van der Waals surface area contributed by atoms with Crippen LogP contribution in [0.3, 0.4) is 0 Å². The van der Waals surface area contributed by atoms with Crippen molar-refractivity contribution < 1.29 is 28.2 Å². The lowest BCUT2D eigenvalue weighted by molar-refractivity contribution is 0.0679. The Hall–Kier alpha value is -1.19. The van der Waals surface area contributed by atoms with E-state index < -0.39 is 22.1 Å². The zero-order valence-electron chi connectivity index (χ0n) is 10.5. The van der Waals surface area contributed by atoms with Crippen molar-refractivity contribution >= 4 is 27.6 Å². The van der Waals surface area contributed by atoms with Gasteiger partial charge in [0, 0.05) is 13.7 Å². The first-order valence-corrected chi connectivity index (χ1v) is 7.33. The molecule has 1 aromatic rings. The van der Waals surface area contributed by atoms with Crippen LogP contribution >= 0.6 is 11.6 Å². The predicted octanol–water partition coefficient (Wildman–Crippen LogP) is 0.324. The maximum Gasteiger partial charge on any atom is 0.337 e. The number of carbonyl (C=O) groups is 1. The molecule has 0 radical (unpaired) electrons. The van der Waals surface area contributed by atoms with Gasteiger partial charge in [0.05, 0.1) is 28.2 Å². The number of halogens is 1. The van der Waals surface area contributed by atoms with Crippen LogP contribution in [0.2, 0.25) is 5.02 Å². The van der Waals surface area contributed by atoms with Gasteiger partial charge in [-0.3, -0.25) is 0 Å². The number of hydrogen-bond acceptors (Lipinski definition) is 5. The second kappa shape index (κ2) is 7.00. The minimum Gasteiger partial charge on any atom is -0.478 e. The molecule has 0 saturated carbocycles. The van der Waals surface area contributed by atoms with E-state index in [9.17, 15) is 18.3 Å². The molecular formula is C11H14ClNO6S. The SMILES string of the molecule is COCC(O)CNS(=O)(=O)c1ccc(C(=O)O)c(Cl)c1. The number of aliphatic hydroxyl groups is 1. The van der Waals surface area contributed by atoms with E-state index in [1.165, 1.54) is 7.11 Å². The molecule has 1 aromatic carbocycles. The molecule has 0 aliphatic carbocycles. The molecule has 1 rings (SSSR count). The predicted molar refractivity (Wildman–Crippen MR) is 71.5 cm³/mol. The first-order chi connectivity index (χ1) is 9.27. The molecule has 0 heterocycles. The highest BCUT2D eigenvalue weighted by Gasteiger charge is 2.18. The fraction of sp³-hybridized carbons (Fsp3) is 0.364. The summed E-state index contributed by atoms with van der Waals surface area (Å²) >= 11 is 5.70. The number of carboxylic acid groups (broad SMARTS) is 1. The van der Waals surface area contributed by atoms with Crippen LogP contribution in [0.5, 0.6) is 0 Å². The van der Waals surface area contributed by atoms with Gasteiger partial charge >= 0.3 is 5.97 Å². The summed E-state index contributed by atoms with van der Waals surface area (Å²) in [4.78, 5) is 10.6. The molecule has 1 atom stereocenters. The quantitative estimate of drug-likeness (QED) is 0.666. The summed E-state index contributed by atoms with van der Waals surface area (Å²) in [6, 6.07) is 3.27. The number of sulfonamides is 1. The summed E-state index contributed by atoms with van der Waals surface area (Å²) in [5.74, 6) is -1.25. The van der Waals surface area contributed by atoms with Crippen molar-refractivity contribution in [3.63, 3.8) is 0 Å². The summed E-state index contributed by atoms with van der Waals surface area (Å²) in [7, 11) is -2.50. The summed E-state index contributed by atoms with van der Waals surface area (Å²) in [6.07, 6.45) is -0.983. The average Bonchev–Trinajstić information content (AvgIpc) is 2.36. The topological polar surface area (TPSA) is 113 Å². The minimum absolute atomic E-state index is 0.0127. The third kappa shape index (κ3) is 4.43. The van der Waals surface area contributed by atoms with Gasteiger partial charge in [0.2, 0.25) is 10.0 Å². The lowest BCUT2D eigenvalue weighted by Gasteiger charge is -2.11. The molecule has 0 spiro atoms. The first kappa shape index (κ1) is 16.9. The van der Waals surface area contributed by atoms with Crippen LogP contribution in [0.1, 0.15) is 10.4 Å².